The van der Waals surface area contributed by atoms with E-state index in [9.17, 15) is 36.3 Å². The van der Waals surface area contributed by atoms with Crippen LogP contribution >= 0.6 is 0 Å². The van der Waals surface area contributed by atoms with Crippen molar-refractivity contribution in [1.29, 1.82) is 0 Å². The topological polar surface area (TPSA) is 125 Å². The SMILES string of the molecule is O=C(OC[C@H]1O[C@H](O)[C@H](OS(=O)(=O)C(F)(F)F)[C@@H]1OC(=O)c1ccccc1)c1ccccc1. The van der Waals surface area contributed by atoms with Crippen molar-refractivity contribution in [2.75, 3.05) is 6.61 Å². The summed E-state index contributed by atoms with van der Waals surface area (Å²) >= 11 is 0. The van der Waals surface area contributed by atoms with Gasteiger partial charge in [-0.25, -0.2) is 9.59 Å². The molecule has 13 heteroatoms. The van der Waals surface area contributed by atoms with Gasteiger partial charge < -0.3 is 19.3 Å². The summed E-state index contributed by atoms with van der Waals surface area (Å²) in [6.45, 7) is -0.691. The summed E-state index contributed by atoms with van der Waals surface area (Å²) in [4.78, 5) is 24.6. The molecule has 0 radical (unpaired) electrons. The van der Waals surface area contributed by atoms with E-state index in [1.165, 1.54) is 36.4 Å². The number of aliphatic hydroxyl groups excluding tert-OH is 1. The fourth-order valence-electron chi connectivity index (χ4n) is 2.87. The van der Waals surface area contributed by atoms with E-state index in [1.54, 1.807) is 24.3 Å². The smallest absolute Gasteiger partial charge is 0.459 e. The number of esters is 2. The van der Waals surface area contributed by atoms with Crippen molar-refractivity contribution < 1.29 is 54.7 Å². The van der Waals surface area contributed by atoms with Crippen molar-refractivity contribution in [3.05, 3.63) is 71.8 Å². The first-order valence-corrected chi connectivity index (χ1v) is 10.7. The molecule has 0 aromatic heterocycles. The number of halogens is 3. The van der Waals surface area contributed by atoms with Crippen LogP contribution in [0.2, 0.25) is 0 Å². The lowest BCUT2D eigenvalue weighted by Crippen LogP contribution is -2.43. The zero-order valence-corrected chi connectivity index (χ0v) is 17.4. The van der Waals surface area contributed by atoms with Crippen LogP contribution < -0.4 is 0 Å². The van der Waals surface area contributed by atoms with Gasteiger partial charge in [-0.2, -0.15) is 21.6 Å². The second-order valence-corrected chi connectivity index (χ2v) is 8.29. The number of benzene rings is 2. The Bertz CT molecular complexity index is 1070. The molecule has 0 amide bonds. The van der Waals surface area contributed by atoms with Gasteiger partial charge in [-0.1, -0.05) is 36.4 Å². The normalized spacial score (nSPS) is 23.2. The van der Waals surface area contributed by atoms with Crippen molar-refractivity contribution in [3.63, 3.8) is 0 Å². The molecule has 1 heterocycles. The third kappa shape index (κ3) is 5.87. The molecule has 2 aromatic carbocycles. The Labute approximate surface area is 185 Å². The molecule has 0 unspecified atom stereocenters. The fraction of sp³-hybridized carbons (Fsp3) is 0.300. The van der Waals surface area contributed by atoms with E-state index in [4.69, 9.17) is 14.2 Å². The van der Waals surface area contributed by atoms with Gasteiger partial charge in [0, 0.05) is 0 Å². The van der Waals surface area contributed by atoms with Crippen LogP contribution in [-0.2, 0) is 28.5 Å². The number of alkyl halides is 3. The van der Waals surface area contributed by atoms with Crippen molar-refractivity contribution in [2.45, 2.75) is 30.1 Å². The van der Waals surface area contributed by atoms with Crippen molar-refractivity contribution in [1.82, 2.24) is 0 Å². The van der Waals surface area contributed by atoms with E-state index in [-0.39, 0.29) is 11.1 Å². The van der Waals surface area contributed by atoms with Crippen LogP contribution in [0.4, 0.5) is 13.2 Å². The molecule has 0 spiro atoms. The third-order valence-corrected chi connectivity index (χ3v) is 5.49. The molecular weight excluding hydrogens is 473 g/mol. The van der Waals surface area contributed by atoms with Gasteiger partial charge in [0.05, 0.1) is 11.1 Å². The Balaban J connectivity index is 1.81. The molecule has 0 bridgehead atoms. The molecule has 1 aliphatic rings. The standard InChI is InChI=1S/C20H17F3O9S/c21-20(22,23)33(27,28)32-16-15(31-18(25)13-9-5-2-6-10-13)14(30-19(16)26)11-29-17(24)12-7-3-1-4-8-12/h1-10,14-16,19,26H,11H2/t14-,15-,16-,19+/m1/s1. The van der Waals surface area contributed by atoms with Gasteiger partial charge in [-0.3, -0.25) is 4.18 Å². The zero-order chi connectivity index (χ0) is 24.2. The average molecular weight is 490 g/mol. The van der Waals surface area contributed by atoms with Gasteiger partial charge in [0.15, 0.2) is 18.5 Å². The number of hydrogen-bond acceptors (Lipinski definition) is 9. The highest BCUT2D eigenvalue weighted by Crippen LogP contribution is 2.33. The lowest BCUT2D eigenvalue weighted by Gasteiger charge is -2.23. The molecule has 3 rings (SSSR count). The highest BCUT2D eigenvalue weighted by molar-refractivity contribution is 7.87. The number of ether oxygens (including phenoxy) is 3. The van der Waals surface area contributed by atoms with Crippen LogP contribution in [-0.4, -0.2) is 62.2 Å². The van der Waals surface area contributed by atoms with Gasteiger partial charge in [0.1, 0.15) is 12.7 Å². The van der Waals surface area contributed by atoms with Crippen LogP contribution in [0.15, 0.2) is 60.7 Å². The highest BCUT2D eigenvalue weighted by atomic mass is 32.2. The van der Waals surface area contributed by atoms with E-state index in [0.717, 1.165) is 0 Å². The van der Waals surface area contributed by atoms with Crippen LogP contribution in [0.1, 0.15) is 20.7 Å². The predicted octanol–water partition coefficient (Wildman–Crippen LogP) is 2.02. The molecule has 0 aliphatic carbocycles. The minimum atomic E-state index is -6.18. The molecule has 4 atom stereocenters. The Morgan fingerprint density at radius 3 is 1.94 bits per heavy atom. The molecule has 1 aliphatic heterocycles. The Morgan fingerprint density at radius 2 is 1.42 bits per heavy atom. The summed E-state index contributed by atoms with van der Waals surface area (Å²) in [5.74, 6) is -1.90. The average Bonchev–Trinajstić information content (AvgIpc) is 3.06. The maximum absolute atomic E-state index is 12.8. The van der Waals surface area contributed by atoms with Gasteiger partial charge >= 0.3 is 27.6 Å². The van der Waals surface area contributed by atoms with E-state index < -0.39 is 58.8 Å². The summed E-state index contributed by atoms with van der Waals surface area (Å²) in [5, 5.41) is 10.0. The first-order valence-electron chi connectivity index (χ1n) is 9.31. The quantitative estimate of drug-likeness (QED) is 0.352. The van der Waals surface area contributed by atoms with Gasteiger partial charge in [0.2, 0.25) is 0 Å². The predicted molar refractivity (Wildman–Crippen MR) is 103 cm³/mol. The monoisotopic (exact) mass is 490 g/mol. The van der Waals surface area contributed by atoms with Gasteiger partial charge in [-0.15, -0.1) is 0 Å². The van der Waals surface area contributed by atoms with Gasteiger partial charge in [0.25, 0.3) is 0 Å². The first-order chi connectivity index (χ1) is 15.5. The Morgan fingerprint density at radius 1 is 0.909 bits per heavy atom. The van der Waals surface area contributed by atoms with Gasteiger partial charge in [-0.05, 0) is 24.3 Å². The maximum atomic E-state index is 12.8. The largest absolute Gasteiger partial charge is 0.523 e. The zero-order valence-electron chi connectivity index (χ0n) is 16.5. The molecule has 33 heavy (non-hydrogen) atoms. The number of hydrogen-bond donors (Lipinski definition) is 1. The van der Waals surface area contributed by atoms with Crippen LogP contribution in [0, 0.1) is 0 Å². The molecule has 2 aromatic rings. The lowest BCUT2D eigenvalue weighted by atomic mass is 10.1. The summed E-state index contributed by atoms with van der Waals surface area (Å²) < 4.78 is 80.6. The minimum absolute atomic E-state index is 0.0173. The minimum Gasteiger partial charge on any atom is -0.459 e. The molecular formula is C20H17F3O9S. The number of aliphatic hydroxyl groups is 1. The maximum Gasteiger partial charge on any atom is 0.523 e. The molecule has 0 saturated carbocycles. The Kier molecular flexibility index (Phi) is 7.37. The molecule has 178 valence electrons. The lowest BCUT2D eigenvalue weighted by molar-refractivity contribution is -0.132. The van der Waals surface area contributed by atoms with E-state index in [2.05, 4.69) is 4.18 Å². The third-order valence-electron chi connectivity index (χ3n) is 4.45. The van der Waals surface area contributed by atoms with Crippen molar-refractivity contribution in [2.24, 2.45) is 0 Å². The second-order valence-electron chi connectivity index (χ2n) is 6.73. The summed E-state index contributed by atoms with van der Waals surface area (Å²) in [6.07, 6.45) is -7.91. The summed E-state index contributed by atoms with van der Waals surface area (Å²) in [7, 11) is -6.18. The fourth-order valence-corrected chi connectivity index (χ4v) is 3.48. The molecule has 9 nitrogen and oxygen atoms in total. The number of rotatable bonds is 7. The second kappa shape index (κ2) is 9.87. The molecule has 1 N–H and O–H groups in total. The molecule has 1 saturated heterocycles. The van der Waals surface area contributed by atoms with Crippen LogP contribution in [0.25, 0.3) is 0 Å². The van der Waals surface area contributed by atoms with E-state index in [1.807, 2.05) is 0 Å². The summed E-state index contributed by atoms with van der Waals surface area (Å²) in [5.41, 5.74) is -5.68. The van der Waals surface area contributed by atoms with Crippen molar-refractivity contribution in [3.8, 4) is 0 Å². The number of carbonyl (C=O) groups is 2. The summed E-state index contributed by atoms with van der Waals surface area (Å²) in [6, 6.07) is 14.9. The van der Waals surface area contributed by atoms with Crippen LogP contribution in [0.5, 0.6) is 0 Å². The van der Waals surface area contributed by atoms with Crippen LogP contribution in [0.3, 0.4) is 0 Å². The Hall–Kier alpha value is -3.00. The first kappa shape index (κ1) is 24.6. The van der Waals surface area contributed by atoms with Crippen molar-refractivity contribution >= 4 is 22.1 Å². The molecule has 1 fully saturated rings. The highest BCUT2D eigenvalue weighted by Gasteiger charge is 2.56. The van der Waals surface area contributed by atoms with E-state index in [0.29, 0.717) is 0 Å². The number of carbonyl (C=O) groups excluding carboxylic acids is 2. The van der Waals surface area contributed by atoms with E-state index >= 15 is 0 Å².